The van der Waals surface area contributed by atoms with E-state index in [-0.39, 0.29) is 17.6 Å². The molecule has 3 N–H and O–H groups in total. The van der Waals surface area contributed by atoms with Crippen LogP contribution in [0.3, 0.4) is 0 Å². The highest BCUT2D eigenvalue weighted by Crippen LogP contribution is 2.40. The van der Waals surface area contributed by atoms with E-state index >= 15 is 0 Å². The van der Waals surface area contributed by atoms with Gasteiger partial charge in [-0.2, -0.15) is 0 Å². The number of carbonyl (C=O) groups excluding carboxylic acids is 1. The number of aromatic nitrogens is 4. The third-order valence-electron chi connectivity index (χ3n) is 6.30. The fraction of sp³-hybridized carbons (Fsp3) is 0.409. The first-order chi connectivity index (χ1) is 15.9. The summed E-state index contributed by atoms with van der Waals surface area (Å²) in [6.45, 7) is 1.58. The highest BCUT2D eigenvalue weighted by atomic mass is 35.5. The summed E-state index contributed by atoms with van der Waals surface area (Å²) in [7, 11) is 0. The van der Waals surface area contributed by atoms with Gasteiger partial charge in [-0.05, 0) is 31.2 Å². The second-order valence-corrected chi connectivity index (χ2v) is 9.04. The Morgan fingerprint density at radius 1 is 1.30 bits per heavy atom. The number of amides is 1. The number of pyridine rings is 1. The molecule has 9 nitrogen and oxygen atoms in total. The van der Waals surface area contributed by atoms with Gasteiger partial charge in [0.1, 0.15) is 5.65 Å². The summed E-state index contributed by atoms with van der Waals surface area (Å²) >= 11 is 6.06. The minimum absolute atomic E-state index is 0.0842. The maximum Gasteiger partial charge on any atom is 0.307 e. The molecule has 1 aliphatic heterocycles. The molecule has 4 heterocycles. The summed E-state index contributed by atoms with van der Waals surface area (Å²) in [4.78, 5) is 41.2. The van der Waals surface area contributed by atoms with E-state index in [1.807, 2.05) is 0 Å². The number of aromatic amines is 1. The van der Waals surface area contributed by atoms with Crippen LogP contribution in [-0.2, 0) is 9.59 Å². The molecule has 3 aromatic heterocycles. The zero-order valence-corrected chi connectivity index (χ0v) is 18.3. The van der Waals surface area contributed by atoms with Gasteiger partial charge in [-0.3, -0.25) is 9.59 Å². The highest BCUT2D eigenvalue weighted by molar-refractivity contribution is 6.31. The number of likely N-dealkylation sites (tertiary alicyclic amines) is 1. The van der Waals surface area contributed by atoms with Crippen LogP contribution < -0.4 is 5.32 Å². The molecule has 3 atom stereocenters. The molecule has 33 heavy (non-hydrogen) atoms. The van der Waals surface area contributed by atoms with Gasteiger partial charge in [-0.25, -0.2) is 19.3 Å². The van der Waals surface area contributed by atoms with Crippen molar-refractivity contribution in [1.82, 2.24) is 24.8 Å². The number of halogens is 2. The number of aliphatic carboxylic acids is 1. The molecule has 0 bridgehead atoms. The minimum atomic E-state index is -0.910. The average molecular weight is 473 g/mol. The number of hydrogen-bond donors (Lipinski definition) is 3. The third-order valence-corrected chi connectivity index (χ3v) is 6.50. The molecule has 0 aromatic carbocycles. The van der Waals surface area contributed by atoms with E-state index in [2.05, 4.69) is 25.3 Å². The van der Waals surface area contributed by atoms with Gasteiger partial charge < -0.3 is 20.3 Å². The first-order valence-electron chi connectivity index (χ1n) is 10.8. The standard InChI is InChI=1S/C22H22ClFN6O3/c23-12-4-13-16(8-27-18(13)26-7-12)19-28-9-17(24)20(29-19)25-6-11-2-1-3-30(10-11)21(31)14-5-15(14)22(32)33/h4,7-9,11,14-15H,1-3,5-6,10H2,(H,26,27)(H,32,33)(H,25,28,29). The number of nitrogens with zero attached hydrogens (tertiary/aromatic N) is 4. The molecule has 2 aliphatic rings. The third kappa shape index (κ3) is 4.35. The lowest BCUT2D eigenvalue weighted by molar-refractivity contribution is -0.142. The Morgan fingerprint density at radius 3 is 2.94 bits per heavy atom. The lowest BCUT2D eigenvalue weighted by Crippen LogP contribution is -2.43. The van der Waals surface area contributed by atoms with E-state index in [4.69, 9.17) is 16.7 Å². The smallest absolute Gasteiger partial charge is 0.307 e. The number of carbonyl (C=O) groups is 2. The van der Waals surface area contributed by atoms with E-state index in [1.165, 1.54) is 6.20 Å². The molecule has 172 valence electrons. The second-order valence-electron chi connectivity index (χ2n) is 8.60. The number of rotatable bonds is 6. The van der Waals surface area contributed by atoms with Crippen molar-refractivity contribution >= 4 is 40.3 Å². The fourth-order valence-corrected chi connectivity index (χ4v) is 4.59. The van der Waals surface area contributed by atoms with Crippen molar-refractivity contribution in [3.63, 3.8) is 0 Å². The molecule has 3 aromatic rings. The molecule has 11 heteroatoms. The quantitative estimate of drug-likeness (QED) is 0.503. The van der Waals surface area contributed by atoms with Crippen LogP contribution >= 0.6 is 11.6 Å². The van der Waals surface area contributed by atoms with Crippen LogP contribution in [0.1, 0.15) is 19.3 Å². The summed E-state index contributed by atoms with van der Waals surface area (Å²) in [6, 6.07) is 1.75. The summed E-state index contributed by atoms with van der Waals surface area (Å²) in [5, 5.41) is 13.4. The molecule has 1 saturated carbocycles. The number of carboxylic acid groups (broad SMARTS) is 1. The van der Waals surface area contributed by atoms with Crippen molar-refractivity contribution in [1.29, 1.82) is 0 Å². The van der Waals surface area contributed by atoms with Crippen LogP contribution in [0, 0.1) is 23.6 Å². The number of H-pyrrole nitrogens is 1. The molecular weight excluding hydrogens is 451 g/mol. The van der Waals surface area contributed by atoms with Crippen LogP contribution in [0.4, 0.5) is 10.2 Å². The van der Waals surface area contributed by atoms with E-state index in [9.17, 15) is 14.0 Å². The van der Waals surface area contributed by atoms with Gasteiger partial charge in [-0.15, -0.1) is 0 Å². The van der Waals surface area contributed by atoms with Crippen LogP contribution in [0.15, 0.2) is 24.7 Å². The maximum atomic E-state index is 14.4. The van der Waals surface area contributed by atoms with Crippen LogP contribution in [-0.4, -0.2) is 61.5 Å². The molecule has 1 saturated heterocycles. The zero-order chi connectivity index (χ0) is 23.1. The van der Waals surface area contributed by atoms with E-state index in [0.717, 1.165) is 24.4 Å². The van der Waals surface area contributed by atoms with E-state index in [0.29, 0.717) is 48.1 Å². The Kier molecular flexibility index (Phi) is 5.61. The van der Waals surface area contributed by atoms with Crippen molar-refractivity contribution in [3.8, 4) is 11.4 Å². The van der Waals surface area contributed by atoms with Gasteiger partial charge in [0.05, 0.1) is 23.1 Å². The van der Waals surface area contributed by atoms with Crippen LogP contribution in [0.5, 0.6) is 0 Å². The van der Waals surface area contributed by atoms with Gasteiger partial charge in [0, 0.05) is 43.0 Å². The van der Waals surface area contributed by atoms with Crippen molar-refractivity contribution in [2.45, 2.75) is 19.3 Å². The molecule has 0 spiro atoms. The largest absolute Gasteiger partial charge is 0.481 e. The molecule has 2 fully saturated rings. The summed E-state index contributed by atoms with van der Waals surface area (Å²) in [5.74, 6) is -2.00. The zero-order valence-electron chi connectivity index (χ0n) is 17.6. The number of fused-ring (bicyclic) bond motifs is 1. The van der Waals surface area contributed by atoms with Crippen LogP contribution in [0.25, 0.3) is 22.4 Å². The lowest BCUT2D eigenvalue weighted by atomic mass is 9.97. The van der Waals surface area contributed by atoms with Gasteiger partial charge >= 0.3 is 5.97 Å². The SMILES string of the molecule is O=C(O)C1CC1C(=O)N1CCCC(CNc2nc(-c3c[nH]c4ncc(Cl)cc34)ncc2F)C1. The Morgan fingerprint density at radius 2 is 2.15 bits per heavy atom. The Labute approximate surface area is 193 Å². The molecule has 1 amide bonds. The normalized spacial score (nSPS) is 22.4. The Balaban J connectivity index is 1.26. The van der Waals surface area contributed by atoms with Crippen molar-refractivity contribution < 1.29 is 19.1 Å². The fourth-order valence-electron chi connectivity index (χ4n) is 4.43. The monoisotopic (exact) mass is 472 g/mol. The van der Waals surface area contributed by atoms with Gasteiger partial charge in [0.25, 0.3) is 0 Å². The first-order valence-corrected chi connectivity index (χ1v) is 11.2. The van der Waals surface area contributed by atoms with Gasteiger partial charge in [0.15, 0.2) is 17.5 Å². The Hall–Kier alpha value is -3.27. The molecule has 3 unspecified atom stereocenters. The van der Waals surface area contributed by atoms with Crippen molar-refractivity contribution in [2.24, 2.45) is 17.8 Å². The molecule has 1 aliphatic carbocycles. The van der Waals surface area contributed by atoms with Crippen LogP contribution in [0.2, 0.25) is 5.02 Å². The number of hydrogen-bond acceptors (Lipinski definition) is 6. The molecule has 0 radical (unpaired) electrons. The highest BCUT2D eigenvalue weighted by Gasteiger charge is 2.50. The van der Waals surface area contributed by atoms with Crippen molar-refractivity contribution in [2.75, 3.05) is 25.0 Å². The van der Waals surface area contributed by atoms with Crippen molar-refractivity contribution in [3.05, 3.63) is 35.5 Å². The second kappa shape index (κ2) is 8.58. The lowest BCUT2D eigenvalue weighted by Gasteiger charge is -2.33. The number of anilines is 1. The van der Waals surface area contributed by atoms with E-state index < -0.39 is 23.6 Å². The predicted octanol–water partition coefficient (Wildman–Crippen LogP) is 3.18. The summed E-state index contributed by atoms with van der Waals surface area (Å²) < 4.78 is 14.4. The van der Waals surface area contributed by atoms with Gasteiger partial charge in [-0.1, -0.05) is 11.6 Å². The molecule has 5 rings (SSSR count). The summed E-state index contributed by atoms with van der Waals surface area (Å²) in [6.07, 6.45) is 6.48. The number of piperidine rings is 1. The number of nitrogens with one attached hydrogen (secondary N) is 2. The maximum absolute atomic E-state index is 14.4. The predicted molar refractivity (Wildman–Crippen MR) is 119 cm³/mol. The average Bonchev–Trinajstić information content (AvgIpc) is 3.52. The summed E-state index contributed by atoms with van der Waals surface area (Å²) in [5.41, 5.74) is 1.29. The van der Waals surface area contributed by atoms with Gasteiger partial charge in [0.2, 0.25) is 5.91 Å². The Bertz CT molecular complexity index is 1230. The molecular formula is C22H22ClFN6O3. The minimum Gasteiger partial charge on any atom is -0.481 e. The number of carboxylic acids is 1. The first kappa shape index (κ1) is 21.6. The topological polar surface area (TPSA) is 124 Å². The van der Waals surface area contributed by atoms with E-state index in [1.54, 1.807) is 17.2 Å².